The third kappa shape index (κ3) is 4.34. The lowest BCUT2D eigenvalue weighted by molar-refractivity contribution is -0.117. The van der Waals surface area contributed by atoms with Crippen molar-refractivity contribution in [3.05, 3.63) is 52.3 Å². The summed E-state index contributed by atoms with van der Waals surface area (Å²) < 4.78 is 4.87. The van der Waals surface area contributed by atoms with Gasteiger partial charge in [0, 0.05) is 30.9 Å². The highest BCUT2D eigenvalue weighted by Gasteiger charge is 2.25. The molecule has 2 heterocycles. The number of carbonyl (C=O) groups excluding carboxylic acids is 3. The van der Waals surface area contributed by atoms with Crippen molar-refractivity contribution in [2.75, 3.05) is 18.6 Å². The smallest absolute Gasteiger partial charge is 0.339 e. The number of H-pyrrole nitrogens is 1. The molecule has 1 saturated heterocycles. The molecule has 3 rings (SSSR count). The number of anilines is 1. The lowest BCUT2D eigenvalue weighted by atomic mass is 10.0. The summed E-state index contributed by atoms with van der Waals surface area (Å²) in [6, 6.07) is 7.63. The molecule has 0 bridgehead atoms. The van der Waals surface area contributed by atoms with Crippen LogP contribution in [0.1, 0.15) is 63.9 Å². The van der Waals surface area contributed by atoms with Crippen LogP contribution in [0.2, 0.25) is 0 Å². The van der Waals surface area contributed by atoms with Crippen LogP contribution in [-0.2, 0) is 22.5 Å². The summed E-state index contributed by atoms with van der Waals surface area (Å²) in [5.74, 6) is -0.545. The molecule has 1 aromatic carbocycles. The molecular weight excluding hydrogens is 370 g/mol. The second-order valence-electron chi connectivity index (χ2n) is 7.22. The van der Waals surface area contributed by atoms with Gasteiger partial charge >= 0.3 is 5.97 Å². The van der Waals surface area contributed by atoms with Crippen molar-refractivity contribution in [3.8, 4) is 0 Å². The fourth-order valence-electron chi connectivity index (χ4n) is 3.73. The Morgan fingerprint density at radius 3 is 2.55 bits per heavy atom. The SMILES string of the molecule is CCCc1c(C(=O)NCc2ccc(N3CCCC3=O)cc2)[nH]c(C)c1C(=O)OC. The molecule has 2 amide bonds. The van der Waals surface area contributed by atoms with Crippen LogP contribution in [0.4, 0.5) is 5.69 Å². The number of hydrogen-bond donors (Lipinski definition) is 2. The molecule has 0 saturated carbocycles. The average Bonchev–Trinajstić information content (AvgIpc) is 3.29. The van der Waals surface area contributed by atoms with E-state index in [1.54, 1.807) is 11.8 Å². The van der Waals surface area contributed by atoms with Gasteiger partial charge in [0.25, 0.3) is 5.91 Å². The van der Waals surface area contributed by atoms with Crippen LogP contribution in [0.25, 0.3) is 0 Å². The Kier molecular flexibility index (Phi) is 6.36. The number of esters is 1. The molecule has 0 radical (unpaired) electrons. The van der Waals surface area contributed by atoms with Gasteiger partial charge in [-0.1, -0.05) is 25.5 Å². The lowest BCUT2D eigenvalue weighted by Gasteiger charge is -2.16. The maximum absolute atomic E-state index is 12.8. The van der Waals surface area contributed by atoms with Crippen molar-refractivity contribution in [2.45, 2.75) is 46.1 Å². The largest absolute Gasteiger partial charge is 0.465 e. The third-order valence-electron chi connectivity index (χ3n) is 5.18. The van der Waals surface area contributed by atoms with Crippen molar-refractivity contribution in [1.29, 1.82) is 0 Å². The van der Waals surface area contributed by atoms with Gasteiger partial charge in [0.1, 0.15) is 5.69 Å². The van der Waals surface area contributed by atoms with E-state index >= 15 is 0 Å². The minimum atomic E-state index is -0.437. The first kappa shape index (κ1) is 20.6. The van der Waals surface area contributed by atoms with Crippen LogP contribution in [-0.4, -0.2) is 36.4 Å². The van der Waals surface area contributed by atoms with E-state index < -0.39 is 5.97 Å². The zero-order valence-electron chi connectivity index (χ0n) is 17.1. The van der Waals surface area contributed by atoms with Gasteiger partial charge < -0.3 is 19.9 Å². The predicted molar refractivity (Wildman–Crippen MR) is 110 cm³/mol. The molecule has 154 valence electrons. The van der Waals surface area contributed by atoms with Gasteiger partial charge in [0.15, 0.2) is 0 Å². The molecule has 2 N–H and O–H groups in total. The number of aromatic nitrogens is 1. The highest BCUT2D eigenvalue weighted by Crippen LogP contribution is 2.23. The Morgan fingerprint density at radius 2 is 1.97 bits per heavy atom. The molecule has 29 heavy (non-hydrogen) atoms. The summed E-state index contributed by atoms with van der Waals surface area (Å²) >= 11 is 0. The first-order valence-electron chi connectivity index (χ1n) is 9.93. The number of methoxy groups -OCH3 is 1. The molecule has 1 aliphatic heterocycles. The van der Waals surface area contributed by atoms with E-state index in [2.05, 4.69) is 10.3 Å². The van der Waals surface area contributed by atoms with Crippen LogP contribution in [0, 0.1) is 6.92 Å². The molecule has 0 aliphatic carbocycles. The number of nitrogens with zero attached hydrogens (tertiary/aromatic N) is 1. The molecule has 1 fully saturated rings. The number of hydrogen-bond acceptors (Lipinski definition) is 4. The number of aryl methyl sites for hydroxylation is 1. The zero-order valence-corrected chi connectivity index (χ0v) is 17.1. The average molecular weight is 397 g/mol. The molecular formula is C22H27N3O4. The van der Waals surface area contributed by atoms with Crippen molar-refractivity contribution in [1.82, 2.24) is 10.3 Å². The number of aromatic amines is 1. The fraction of sp³-hybridized carbons (Fsp3) is 0.409. The van der Waals surface area contributed by atoms with E-state index in [1.807, 2.05) is 31.2 Å². The van der Waals surface area contributed by atoms with E-state index in [-0.39, 0.29) is 11.8 Å². The number of amides is 2. The van der Waals surface area contributed by atoms with E-state index in [9.17, 15) is 14.4 Å². The summed E-state index contributed by atoms with van der Waals surface area (Å²) in [7, 11) is 1.34. The monoisotopic (exact) mass is 397 g/mol. The summed E-state index contributed by atoms with van der Waals surface area (Å²) in [5, 5.41) is 2.91. The topological polar surface area (TPSA) is 91.5 Å². The Labute approximate surface area is 170 Å². The van der Waals surface area contributed by atoms with Gasteiger partial charge in [0.2, 0.25) is 5.91 Å². The van der Waals surface area contributed by atoms with E-state index in [0.717, 1.165) is 30.6 Å². The van der Waals surface area contributed by atoms with Gasteiger partial charge in [-0.25, -0.2) is 4.79 Å². The summed E-state index contributed by atoms with van der Waals surface area (Å²) in [5.41, 5.74) is 3.99. The van der Waals surface area contributed by atoms with Crippen LogP contribution in [0.15, 0.2) is 24.3 Å². The fourth-order valence-corrected chi connectivity index (χ4v) is 3.73. The van der Waals surface area contributed by atoms with Crippen molar-refractivity contribution in [3.63, 3.8) is 0 Å². The van der Waals surface area contributed by atoms with Crippen LogP contribution < -0.4 is 10.2 Å². The van der Waals surface area contributed by atoms with Gasteiger partial charge in [-0.15, -0.1) is 0 Å². The molecule has 0 unspecified atom stereocenters. The summed E-state index contributed by atoms with van der Waals surface area (Å²) in [6.07, 6.45) is 2.90. The normalized spacial score (nSPS) is 13.6. The van der Waals surface area contributed by atoms with Crippen molar-refractivity contribution in [2.24, 2.45) is 0 Å². The Morgan fingerprint density at radius 1 is 1.24 bits per heavy atom. The second-order valence-corrected chi connectivity index (χ2v) is 7.22. The quantitative estimate of drug-likeness (QED) is 0.702. The first-order valence-corrected chi connectivity index (χ1v) is 9.93. The van der Waals surface area contributed by atoms with Crippen molar-refractivity contribution >= 4 is 23.5 Å². The summed E-state index contributed by atoms with van der Waals surface area (Å²) in [6.45, 7) is 4.87. The number of benzene rings is 1. The predicted octanol–water partition coefficient (Wildman–Crippen LogP) is 3.12. The molecule has 2 aromatic rings. The van der Waals surface area contributed by atoms with Gasteiger partial charge in [-0.3, -0.25) is 9.59 Å². The first-order chi connectivity index (χ1) is 14.0. The molecule has 0 atom stereocenters. The van der Waals surface area contributed by atoms with Crippen LogP contribution >= 0.6 is 0 Å². The van der Waals surface area contributed by atoms with E-state index in [1.165, 1.54) is 7.11 Å². The minimum Gasteiger partial charge on any atom is -0.465 e. The van der Waals surface area contributed by atoms with Gasteiger partial charge in [-0.05, 0) is 43.0 Å². The van der Waals surface area contributed by atoms with Crippen LogP contribution in [0.3, 0.4) is 0 Å². The van der Waals surface area contributed by atoms with Crippen molar-refractivity contribution < 1.29 is 19.1 Å². The standard InChI is InChI=1S/C22H27N3O4/c1-4-6-17-19(22(28)29-3)14(2)24-20(17)21(27)23-13-15-8-10-16(11-9-15)25-12-5-7-18(25)26/h8-11,24H,4-7,12-13H2,1-3H3,(H,23,27). The summed E-state index contributed by atoms with van der Waals surface area (Å²) in [4.78, 5) is 41.5. The number of rotatable bonds is 7. The zero-order chi connectivity index (χ0) is 21.0. The number of carbonyl (C=O) groups is 3. The minimum absolute atomic E-state index is 0.151. The maximum Gasteiger partial charge on any atom is 0.339 e. The number of nitrogens with one attached hydrogen (secondary N) is 2. The molecule has 7 heteroatoms. The Bertz CT molecular complexity index is 915. The van der Waals surface area contributed by atoms with E-state index in [4.69, 9.17) is 4.74 Å². The molecule has 7 nitrogen and oxygen atoms in total. The third-order valence-corrected chi connectivity index (χ3v) is 5.18. The van der Waals surface area contributed by atoms with Crippen LogP contribution in [0.5, 0.6) is 0 Å². The lowest BCUT2D eigenvalue weighted by Crippen LogP contribution is -2.25. The highest BCUT2D eigenvalue weighted by molar-refractivity contribution is 6.00. The molecule has 1 aliphatic rings. The molecule has 1 aromatic heterocycles. The second kappa shape index (κ2) is 8.94. The number of ether oxygens (including phenoxy) is 1. The van der Waals surface area contributed by atoms with Gasteiger partial charge in [0.05, 0.1) is 12.7 Å². The molecule has 0 spiro atoms. The Balaban J connectivity index is 1.70. The van der Waals surface area contributed by atoms with Gasteiger partial charge in [-0.2, -0.15) is 0 Å². The van der Waals surface area contributed by atoms with E-state index in [0.29, 0.717) is 41.9 Å². The highest BCUT2D eigenvalue weighted by atomic mass is 16.5. The Hall–Kier alpha value is -3.09. The maximum atomic E-state index is 12.8.